The molecule has 0 aliphatic heterocycles. The molecular formula is C17H23Cl2Zr-3. The minimum absolute atomic E-state index is 0. The summed E-state index contributed by atoms with van der Waals surface area (Å²) < 4.78 is 0. The van der Waals surface area contributed by atoms with Crippen molar-refractivity contribution in [2.45, 2.75) is 51.4 Å². The third-order valence-electron chi connectivity index (χ3n) is 2.68. The number of halogens is 2. The Kier molecular flexibility index (Phi) is 27.3. The predicted molar refractivity (Wildman–Crippen MR) is 74.6 cm³/mol. The molecule has 0 bridgehead atoms. The van der Waals surface area contributed by atoms with Gasteiger partial charge in [0.15, 0.2) is 0 Å². The smallest absolute Gasteiger partial charge is 1.00 e. The summed E-state index contributed by atoms with van der Waals surface area (Å²) in [5.41, 5.74) is 0. The molecule has 0 spiro atoms. The SMILES string of the molecule is [C-]1=CCCCC1.[C-]1=CCCCC1.[Cl-].[Cl-].[Zr+2].c1cc[cH-]c1. The topological polar surface area (TPSA) is 0 Å². The van der Waals surface area contributed by atoms with Gasteiger partial charge in [-0.2, -0.15) is 31.0 Å². The van der Waals surface area contributed by atoms with Crippen LogP contribution >= 0.6 is 0 Å². The van der Waals surface area contributed by atoms with Crippen LogP contribution < -0.4 is 24.8 Å². The minimum atomic E-state index is 0. The molecule has 0 amide bonds. The Morgan fingerprint density at radius 1 is 0.700 bits per heavy atom. The fourth-order valence-corrected chi connectivity index (χ4v) is 1.68. The number of allylic oxidation sites excluding steroid dienone is 4. The van der Waals surface area contributed by atoms with Crippen LogP contribution in [0.5, 0.6) is 0 Å². The Hall–Kier alpha value is 0.293. The first kappa shape index (κ1) is 25.3. The third kappa shape index (κ3) is 18.3. The Bertz CT molecular complexity index is 241. The molecule has 0 radical (unpaired) electrons. The molecule has 0 atom stereocenters. The van der Waals surface area contributed by atoms with E-state index < -0.39 is 0 Å². The zero-order chi connectivity index (χ0) is 12.0. The summed E-state index contributed by atoms with van der Waals surface area (Å²) in [6.07, 6.45) is 21.0. The molecule has 1 aromatic carbocycles. The van der Waals surface area contributed by atoms with Crippen molar-refractivity contribution in [2.75, 3.05) is 0 Å². The molecule has 3 heteroatoms. The van der Waals surface area contributed by atoms with E-state index in [0.717, 1.165) is 0 Å². The molecule has 0 N–H and O–H groups in total. The van der Waals surface area contributed by atoms with E-state index in [1.54, 1.807) is 0 Å². The van der Waals surface area contributed by atoms with Crippen LogP contribution in [0.1, 0.15) is 51.4 Å². The second kappa shape index (κ2) is 21.6. The van der Waals surface area contributed by atoms with E-state index in [1.807, 2.05) is 30.3 Å². The van der Waals surface area contributed by atoms with Gasteiger partial charge in [-0.05, 0) is 0 Å². The van der Waals surface area contributed by atoms with Crippen LogP contribution in [-0.4, -0.2) is 0 Å². The summed E-state index contributed by atoms with van der Waals surface area (Å²) in [7, 11) is 0. The van der Waals surface area contributed by atoms with Gasteiger partial charge in [-0.15, -0.1) is 0 Å². The van der Waals surface area contributed by atoms with Crippen molar-refractivity contribution in [3.05, 3.63) is 54.6 Å². The molecule has 1 aromatic rings. The molecule has 112 valence electrons. The second-order valence-electron chi connectivity index (χ2n) is 4.27. The van der Waals surface area contributed by atoms with Crippen LogP contribution in [0.25, 0.3) is 0 Å². The van der Waals surface area contributed by atoms with Gasteiger partial charge in [-0.25, -0.2) is 12.1 Å². The molecule has 20 heavy (non-hydrogen) atoms. The molecule has 2 aliphatic carbocycles. The van der Waals surface area contributed by atoms with Crippen LogP contribution in [0.15, 0.2) is 42.5 Å². The molecular weight excluding hydrogens is 366 g/mol. The van der Waals surface area contributed by atoms with Crippen molar-refractivity contribution in [3.63, 3.8) is 0 Å². The van der Waals surface area contributed by atoms with Gasteiger partial charge < -0.3 is 37.0 Å². The van der Waals surface area contributed by atoms with E-state index in [9.17, 15) is 0 Å². The quantitative estimate of drug-likeness (QED) is 0.513. The summed E-state index contributed by atoms with van der Waals surface area (Å²) in [5.74, 6) is 0. The van der Waals surface area contributed by atoms with Gasteiger partial charge in [-0.1, -0.05) is 38.5 Å². The molecule has 0 saturated heterocycles. The van der Waals surface area contributed by atoms with Gasteiger partial charge in [0, 0.05) is 0 Å². The third-order valence-corrected chi connectivity index (χ3v) is 2.68. The van der Waals surface area contributed by atoms with Crippen molar-refractivity contribution >= 4 is 0 Å². The first-order valence-electron chi connectivity index (χ1n) is 6.77. The molecule has 0 fully saturated rings. The molecule has 3 rings (SSSR count). The Morgan fingerprint density at radius 3 is 1.25 bits per heavy atom. The summed E-state index contributed by atoms with van der Waals surface area (Å²) in [4.78, 5) is 0. The number of rotatable bonds is 0. The average Bonchev–Trinajstić information content (AvgIpc) is 3.03. The molecule has 0 unspecified atom stereocenters. The van der Waals surface area contributed by atoms with Gasteiger partial charge in [0.2, 0.25) is 0 Å². The molecule has 0 saturated carbocycles. The first-order valence-corrected chi connectivity index (χ1v) is 6.77. The fourth-order valence-electron chi connectivity index (χ4n) is 1.68. The van der Waals surface area contributed by atoms with Crippen molar-refractivity contribution in [1.82, 2.24) is 0 Å². The van der Waals surface area contributed by atoms with Gasteiger partial charge in [0.05, 0.1) is 0 Å². The average molecular weight is 390 g/mol. The largest absolute Gasteiger partial charge is 2.00 e. The van der Waals surface area contributed by atoms with Crippen molar-refractivity contribution in [3.8, 4) is 0 Å². The van der Waals surface area contributed by atoms with Crippen LogP contribution in [0.2, 0.25) is 0 Å². The number of hydrogen-bond donors (Lipinski definition) is 0. The van der Waals surface area contributed by atoms with Crippen molar-refractivity contribution in [2.24, 2.45) is 0 Å². The van der Waals surface area contributed by atoms with E-state index in [0.29, 0.717) is 0 Å². The summed E-state index contributed by atoms with van der Waals surface area (Å²) >= 11 is 0. The molecule has 0 aromatic heterocycles. The fraction of sp³-hybridized carbons (Fsp3) is 0.471. The van der Waals surface area contributed by atoms with Crippen LogP contribution in [0, 0.1) is 12.2 Å². The molecule has 0 heterocycles. The van der Waals surface area contributed by atoms with E-state index >= 15 is 0 Å². The maximum Gasteiger partial charge on any atom is 2.00 e. The monoisotopic (exact) mass is 387 g/mol. The van der Waals surface area contributed by atoms with E-state index in [2.05, 4.69) is 24.3 Å². The maximum absolute atomic E-state index is 3.16. The van der Waals surface area contributed by atoms with E-state index in [4.69, 9.17) is 0 Å². The molecule has 0 nitrogen and oxygen atoms in total. The molecule has 2 aliphatic rings. The van der Waals surface area contributed by atoms with Crippen LogP contribution in [0.4, 0.5) is 0 Å². The van der Waals surface area contributed by atoms with Crippen LogP contribution in [0.3, 0.4) is 0 Å². The van der Waals surface area contributed by atoms with Crippen LogP contribution in [-0.2, 0) is 26.2 Å². The van der Waals surface area contributed by atoms with E-state index in [-0.39, 0.29) is 51.0 Å². The zero-order valence-corrected chi connectivity index (χ0v) is 15.9. The van der Waals surface area contributed by atoms with Gasteiger partial charge in [-0.3, -0.25) is 12.2 Å². The van der Waals surface area contributed by atoms with Gasteiger partial charge in [0.25, 0.3) is 0 Å². The van der Waals surface area contributed by atoms with Gasteiger partial charge in [0.1, 0.15) is 0 Å². The normalized spacial score (nSPS) is 14.8. The van der Waals surface area contributed by atoms with E-state index in [1.165, 1.54) is 51.4 Å². The predicted octanol–water partition coefficient (Wildman–Crippen LogP) is -0.749. The summed E-state index contributed by atoms with van der Waals surface area (Å²) in [6, 6.07) is 10.0. The Balaban J connectivity index is -0.000000202. The zero-order valence-electron chi connectivity index (χ0n) is 12.0. The Morgan fingerprint density at radius 2 is 1.15 bits per heavy atom. The first-order chi connectivity index (χ1) is 8.50. The van der Waals surface area contributed by atoms with Gasteiger partial charge >= 0.3 is 26.2 Å². The summed E-state index contributed by atoms with van der Waals surface area (Å²) in [6.45, 7) is 0. The van der Waals surface area contributed by atoms with Crippen molar-refractivity contribution < 1.29 is 51.0 Å². The maximum atomic E-state index is 3.16. The standard InChI is InChI=1S/2C6H9.C5H5.2ClH.Zr/c2*1-2-4-6-5-3-1;1-2-4-5-3-1;;;/h2*1H,2,4-6H2;1-5H;2*1H;/q3*-1;;;+2/p-2. The van der Waals surface area contributed by atoms with Crippen molar-refractivity contribution in [1.29, 1.82) is 0 Å². The minimum Gasteiger partial charge on any atom is -1.00 e. The Labute approximate surface area is 156 Å². The summed E-state index contributed by atoms with van der Waals surface area (Å²) in [5, 5.41) is 0. The number of hydrogen-bond acceptors (Lipinski definition) is 0. The second-order valence-corrected chi connectivity index (χ2v) is 4.27.